The Morgan fingerprint density at radius 1 is 0.929 bits per heavy atom. The summed E-state index contributed by atoms with van der Waals surface area (Å²) in [5, 5.41) is 0.781. The number of aromatic amines is 1. The predicted octanol–water partition coefficient (Wildman–Crippen LogP) is 5.07. The molecule has 3 aromatic rings. The number of aromatic nitrogens is 1. The van der Waals surface area contributed by atoms with Crippen molar-refractivity contribution < 1.29 is 14.2 Å². The van der Waals surface area contributed by atoms with Gasteiger partial charge in [-0.2, -0.15) is 0 Å². The van der Waals surface area contributed by atoms with Gasteiger partial charge < -0.3 is 19.2 Å². The smallest absolute Gasteiger partial charge is 0.294 e. The lowest BCUT2D eigenvalue weighted by atomic mass is 10.2. The van der Waals surface area contributed by atoms with Crippen LogP contribution < -0.4 is 19.8 Å². The van der Waals surface area contributed by atoms with Crippen LogP contribution in [0.2, 0.25) is 0 Å². The molecule has 0 aliphatic carbocycles. The number of methoxy groups -OCH3 is 1. The van der Waals surface area contributed by atoms with Gasteiger partial charge in [0.15, 0.2) is 5.75 Å². The third-order valence-electron chi connectivity index (χ3n) is 4.59. The summed E-state index contributed by atoms with van der Waals surface area (Å²) < 4.78 is 17.1. The molecule has 1 heterocycles. The standard InChI is InChI=1S/C23H27NO4/c1-3-4-5-9-14-27-18-12-13-19-20(15-18)24-23(25)22(21(19)26-2)28-16-17-10-7-6-8-11-17/h6-8,10-13,15H,3-5,9,14,16H2,1-2H3,(H,24,25). The van der Waals surface area contributed by atoms with Crippen LogP contribution in [0.1, 0.15) is 38.2 Å². The fourth-order valence-corrected chi connectivity index (χ4v) is 3.10. The highest BCUT2D eigenvalue weighted by molar-refractivity contribution is 5.88. The highest BCUT2D eigenvalue weighted by atomic mass is 16.5. The van der Waals surface area contributed by atoms with Crippen molar-refractivity contribution in [1.82, 2.24) is 4.98 Å². The fraction of sp³-hybridized carbons (Fsp3) is 0.348. The van der Waals surface area contributed by atoms with Crippen molar-refractivity contribution in [3.05, 3.63) is 64.4 Å². The molecule has 0 atom stereocenters. The molecule has 0 unspecified atom stereocenters. The first-order chi connectivity index (χ1) is 13.7. The minimum absolute atomic E-state index is 0.187. The molecule has 28 heavy (non-hydrogen) atoms. The maximum Gasteiger partial charge on any atom is 0.294 e. The second-order valence-corrected chi connectivity index (χ2v) is 6.71. The summed E-state index contributed by atoms with van der Waals surface area (Å²) >= 11 is 0. The molecule has 5 heteroatoms. The Hall–Kier alpha value is -2.95. The van der Waals surface area contributed by atoms with Gasteiger partial charge >= 0.3 is 0 Å². The van der Waals surface area contributed by atoms with E-state index in [4.69, 9.17) is 14.2 Å². The molecule has 5 nitrogen and oxygen atoms in total. The third kappa shape index (κ3) is 4.85. The van der Waals surface area contributed by atoms with E-state index in [2.05, 4.69) is 11.9 Å². The van der Waals surface area contributed by atoms with Crippen LogP contribution in [0.5, 0.6) is 17.2 Å². The van der Waals surface area contributed by atoms with Crippen molar-refractivity contribution in [3.8, 4) is 17.2 Å². The number of H-pyrrole nitrogens is 1. The van der Waals surface area contributed by atoms with Crippen molar-refractivity contribution in [2.24, 2.45) is 0 Å². The average molecular weight is 381 g/mol. The van der Waals surface area contributed by atoms with Gasteiger partial charge in [0.2, 0.25) is 5.75 Å². The van der Waals surface area contributed by atoms with E-state index in [1.165, 1.54) is 12.8 Å². The molecule has 148 valence electrons. The Morgan fingerprint density at radius 3 is 2.50 bits per heavy atom. The lowest BCUT2D eigenvalue weighted by Crippen LogP contribution is -2.13. The SMILES string of the molecule is CCCCCCOc1ccc2c(OC)c(OCc3ccccc3)c(=O)[nH]c2c1. The van der Waals surface area contributed by atoms with E-state index in [0.717, 1.165) is 29.5 Å². The number of benzene rings is 2. The Bertz CT molecular complexity index is 950. The second-order valence-electron chi connectivity index (χ2n) is 6.71. The van der Waals surface area contributed by atoms with Crippen molar-refractivity contribution in [3.63, 3.8) is 0 Å². The van der Waals surface area contributed by atoms with Gasteiger partial charge in [0.25, 0.3) is 5.56 Å². The molecule has 2 aromatic carbocycles. The Kier molecular flexibility index (Phi) is 6.95. The zero-order valence-electron chi connectivity index (χ0n) is 16.5. The molecule has 0 amide bonds. The van der Waals surface area contributed by atoms with E-state index >= 15 is 0 Å². The first-order valence-electron chi connectivity index (χ1n) is 9.76. The topological polar surface area (TPSA) is 60.6 Å². The summed E-state index contributed by atoms with van der Waals surface area (Å²) in [5.41, 5.74) is 1.33. The Balaban J connectivity index is 1.79. The first-order valence-corrected chi connectivity index (χ1v) is 9.76. The monoisotopic (exact) mass is 381 g/mol. The molecule has 0 aliphatic rings. The average Bonchev–Trinajstić information content (AvgIpc) is 2.72. The van der Waals surface area contributed by atoms with Gasteiger partial charge in [-0.15, -0.1) is 0 Å². The maximum atomic E-state index is 12.6. The molecule has 0 saturated heterocycles. The van der Waals surface area contributed by atoms with E-state index in [1.54, 1.807) is 7.11 Å². The molecule has 0 radical (unpaired) electrons. The summed E-state index contributed by atoms with van der Waals surface area (Å²) in [7, 11) is 1.54. The van der Waals surface area contributed by atoms with Crippen molar-refractivity contribution in [2.75, 3.05) is 13.7 Å². The van der Waals surface area contributed by atoms with Gasteiger partial charge in [-0.25, -0.2) is 0 Å². The van der Waals surface area contributed by atoms with Gasteiger partial charge in [0, 0.05) is 11.5 Å². The molecule has 0 fully saturated rings. The van der Waals surface area contributed by atoms with Crippen LogP contribution in [0.4, 0.5) is 0 Å². The summed E-state index contributed by atoms with van der Waals surface area (Å²) in [6.07, 6.45) is 4.61. The van der Waals surface area contributed by atoms with Crippen molar-refractivity contribution >= 4 is 10.9 Å². The molecular weight excluding hydrogens is 354 g/mol. The zero-order chi connectivity index (χ0) is 19.8. The molecule has 0 bridgehead atoms. The van der Waals surface area contributed by atoms with Gasteiger partial charge in [0.1, 0.15) is 12.4 Å². The van der Waals surface area contributed by atoms with E-state index in [0.29, 0.717) is 24.5 Å². The van der Waals surface area contributed by atoms with Crippen LogP contribution in [0, 0.1) is 0 Å². The molecule has 1 N–H and O–H groups in total. The highest BCUT2D eigenvalue weighted by Gasteiger charge is 2.15. The number of ether oxygens (including phenoxy) is 3. The van der Waals surface area contributed by atoms with Crippen LogP contribution in [0.25, 0.3) is 10.9 Å². The normalized spacial score (nSPS) is 10.8. The number of pyridine rings is 1. The molecule has 1 aromatic heterocycles. The number of unbranched alkanes of at least 4 members (excludes halogenated alkanes) is 3. The van der Waals surface area contributed by atoms with E-state index < -0.39 is 0 Å². The molecular formula is C23H27NO4. The first kappa shape index (κ1) is 19.8. The number of hydrogen-bond donors (Lipinski definition) is 1. The Labute approximate surface area is 165 Å². The van der Waals surface area contributed by atoms with Crippen molar-refractivity contribution in [2.45, 2.75) is 39.2 Å². The van der Waals surface area contributed by atoms with Gasteiger partial charge in [-0.3, -0.25) is 4.79 Å². The van der Waals surface area contributed by atoms with Gasteiger partial charge in [0.05, 0.1) is 19.2 Å². The van der Waals surface area contributed by atoms with Gasteiger partial charge in [-0.05, 0) is 24.1 Å². The Morgan fingerprint density at radius 2 is 1.75 bits per heavy atom. The third-order valence-corrected chi connectivity index (χ3v) is 4.59. The lowest BCUT2D eigenvalue weighted by Gasteiger charge is -2.13. The van der Waals surface area contributed by atoms with Gasteiger partial charge in [-0.1, -0.05) is 56.5 Å². The number of rotatable bonds is 10. The van der Waals surface area contributed by atoms with Crippen LogP contribution in [0.15, 0.2) is 53.3 Å². The molecule has 0 saturated carbocycles. The second kappa shape index (κ2) is 9.83. The highest BCUT2D eigenvalue weighted by Crippen LogP contribution is 2.33. The van der Waals surface area contributed by atoms with Crippen LogP contribution >= 0.6 is 0 Å². The van der Waals surface area contributed by atoms with Crippen LogP contribution in [-0.4, -0.2) is 18.7 Å². The quantitative estimate of drug-likeness (QED) is 0.498. The summed E-state index contributed by atoms with van der Waals surface area (Å²) in [4.78, 5) is 15.5. The van der Waals surface area contributed by atoms with E-state index in [-0.39, 0.29) is 11.3 Å². The van der Waals surface area contributed by atoms with Crippen LogP contribution in [-0.2, 0) is 6.61 Å². The minimum Gasteiger partial charge on any atom is -0.494 e. The molecule has 3 rings (SSSR count). The number of nitrogens with one attached hydrogen (secondary N) is 1. The number of hydrogen-bond acceptors (Lipinski definition) is 4. The summed E-state index contributed by atoms with van der Waals surface area (Å²) in [5.74, 6) is 1.36. The van der Waals surface area contributed by atoms with Crippen LogP contribution in [0.3, 0.4) is 0 Å². The van der Waals surface area contributed by atoms with E-state index in [9.17, 15) is 4.79 Å². The number of fused-ring (bicyclic) bond motifs is 1. The lowest BCUT2D eigenvalue weighted by molar-refractivity contribution is 0.281. The fourth-order valence-electron chi connectivity index (χ4n) is 3.10. The van der Waals surface area contributed by atoms with E-state index in [1.807, 2.05) is 48.5 Å². The summed E-state index contributed by atoms with van der Waals surface area (Å²) in [6.45, 7) is 3.15. The maximum absolute atomic E-state index is 12.6. The molecule has 0 aliphatic heterocycles. The zero-order valence-corrected chi connectivity index (χ0v) is 16.5. The largest absolute Gasteiger partial charge is 0.494 e. The summed E-state index contributed by atoms with van der Waals surface area (Å²) in [6, 6.07) is 15.3. The van der Waals surface area contributed by atoms with Crippen molar-refractivity contribution in [1.29, 1.82) is 0 Å². The minimum atomic E-state index is -0.319. The predicted molar refractivity (Wildman–Crippen MR) is 112 cm³/mol. The molecule has 0 spiro atoms.